The van der Waals surface area contributed by atoms with E-state index in [0.717, 1.165) is 22.6 Å². The van der Waals surface area contributed by atoms with Crippen molar-refractivity contribution in [3.63, 3.8) is 0 Å². The summed E-state index contributed by atoms with van der Waals surface area (Å²) < 4.78 is 0. The predicted molar refractivity (Wildman–Crippen MR) is 119 cm³/mol. The van der Waals surface area contributed by atoms with Crippen molar-refractivity contribution < 1.29 is 19.3 Å². The zero-order chi connectivity index (χ0) is 23.3. The summed E-state index contributed by atoms with van der Waals surface area (Å²) in [6, 6.07) is 12.6. The maximum absolute atomic E-state index is 14.0. The molecule has 2 aromatic carbocycles. The summed E-state index contributed by atoms with van der Waals surface area (Å²) in [5.74, 6) is -0.868. The van der Waals surface area contributed by atoms with Gasteiger partial charge in [-0.1, -0.05) is 37.3 Å². The van der Waals surface area contributed by atoms with Gasteiger partial charge in [0.25, 0.3) is 5.69 Å². The summed E-state index contributed by atoms with van der Waals surface area (Å²) in [6.45, 7) is 2.77. The normalized spacial score (nSPS) is 26.6. The van der Waals surface area contributed by atoms with Crippen molar-refractivity contribution in [3.8, 4) is 0 Å². The number of imide groups is 2. The van der Waals surface area contributed by atoms with Crippen molar-refractivity contribution in [3.05, 3.63) is 69.8 Å². The van der Waals surface area contributed by atoms with Crippen molar-refractivity contribution >= 4 is 29.2 Å². The van der Waals surface area contributed by atoms with Gasteiger partial charge in [0.1, 0.15) is 0 Å². The summed E-state index contributed by atoms with van der Waals surface area (Å²) >= 11 is 0. The van der Waals surface area contributed by atoms with E-state index < -0.39 is 34.2 Å². The molecule has 3 aliphatic rings. The maximum Gasteiger partial charge on any atom is 0.331 e. The van der Waals surface area contributed by atoms with Crippen LogP contribution in [-0.4, -0.2) is 40.3 Å². The third kappa shape index (κ3) is 3.26. The molecule has 0 radical (unpaired) electrons. The molecule has 1 N–H and O–H groups in total. The van der Waals surface area contributed by atoms with Crippen LogP contribution < -0.4 is 10.2 Å². The summed E-state index contributed by atoms with van der Waals surface area (Å²) in [7, 11) is 0. The molecular formula is C24H24N4O5. The van der Waals surface area contributed by atoms with Gasteiger partial charge < -0.3 is 4.90 Å². The molecule has 0 bridgehead atoms. The first-order valence-electron chi connectivity index (χ1n) is 11.1. The molecule has 2 aromatic rings. The molecule has 2 fully saturated rings. The van der Waals surface area contributed by atoms with E-state index in [2.05, 4.69) is 12.2 Å². The van der Waals surface area contributed by atoms with E-state index in [9.17, 15) is 24.5 Å². The van der Waals surface area contributed by atoms with Crippen LogP contribution in [0.4, 0.5) is 16.2 Å². The minimum Gasteiger partial charge on any atom is -0.367 e. The van der Waals surface area contributed by atoms with Gasteiger partial charge in [-0.3, -0.25) is 29.9 Å². The number of amides is 4. The lowest BCUT2D eigenvalue weighted by Crippen LogP contribution is -2.72. The van der Waals surface area contributed by atoms with E-state index in [1.54, 1.807) is 6.07 Å². The van der Waals surface area contributed by atoms with E-state index in [4.69, 9.17) is 0 Å². The molecule has 170 valence electrons. The van der Waals surface area contributed by atoms with Crippen molar-refractivity contribution in [2.45, 2.75) is 38.8 Å². The zero-order valence-electron chi connectivity index (χ0n) is 18.2. The van der Waals surface area contributed by atoms with Gasteiger partial charge in [0.15, 0.2) is 5.41 Å². The van der Waals surface area contributed by atoms with E-state index in [0.29, 0.717) is 24.4 Å². The van der Waals surface area contributed by atoms with Crippen LogP contribution in [-0.2, 0) is 22.6 Å². The lowest BCUT2D eigenvalue weighted by Gasteiger charge is -2.54. The largest absolute Gasteiger partial charge is 0.367 e. The van der Waals surface area contributed by atoms with E-state index in [-0.39, 0.29) is 18.7 Å². The molecular weight excluding hydrogens is 424 g/mol. The highest BCUT2D eigenvalue weighted by atomic mass is 16.6. The number of urea groups is 1. The molecule has 5 rings (SSSR count). The van der Waals surface area contributed by atoms with Gasteiger partial charge in [-0.2, -0.15) is 0 Å². The standard InChI is InChI=1S/C24H24N4O5/c1-15-9-10-26-19-8-7-18(28(32)33)12-17(19)13-24(20(26)11-15)21(29)25-23(31)27(22(24)30)14-16-5-3-2-4-6-16/h2-8,12,15,20H,9-11,13-14H2,1H3,(H,25,29,31). The molecule has 0 saturated carbocycles. The van der Waals surface area contributed by atoms with Crippen molar-refractivity contribution in [2.24, 2.45) is 11.3 Å². The van der Waals surface area contributed by atoms with Crippen LogP contribution in [0.3, 0.4) is 0 Å². The number of hydrogen-bond acceptors (Lipinski definition) is 6. The monoisotopic (exact) mass is 448 g/mol. The van der Waals surface area contributed by atoms with Gasteiger partial charge in [0.2, 0.25) is 11.8 Å². The number of anilines is 1. The first-order chi connectivity index (χ1) is 15.8. The predicted octanol–water partition coefficient (Wildman–Crippen LogP) is 3.02. The Bertz CT molecular complexity index is 1170. The summed E-state index contributed by atoms with van der Waals surface area (Å²) in [5.41, 5.74) is 0.544. The highest BCUT2D eigenvalue weighted by Gasteiger charge is 2.62. The van der Waals surface area contributed by atoms with Crippen molar-refractivity contribution in [2.75, 3.05) is 11.4 Å². The number of benzene rings is 2. The number of carbonyl (C=O) groups is 3. The number of barbiturate groups is 1. The number of nitrogens with one attached hydrogen (secondary N) is 1. The smallest absolute Gasteiger partial charge is 0.331 e. The van der Waals surface area contributed by atoms with Crippen LogP contribution in [0.5, 0.6) is 0 Å². The SMILES string of the molecule is CC1CCN2c3ccc([N+](=O)[O-])cc3CC3(C(=O)NC(=O)N(Cc4ccccc4)C3=O)C2C1. The third-order valence-corrected chi connectivity index (χ3v) is 7.17. The Morgan fingerprint density at radius 2 is 1.91 bits per heavy atom. The van der Waals surface area contributed by atoms with Gasteiger partial charge in [-0.15, -0.1) is 0 Å². The minimum absolute atomic E-state index is 0.0150. The molecule has 9 nitrogen and oxygen atoms in total. The Morgan fingerprint density at radius 1 is 1.15 bits per heavy atom. The lowest BCUT2D eigenvalue weighted by molar-refractivity contribution is -0.384. The second kappa shape index (κ2) is 7.68. The number of carbonyl (C=O) groups excluding carboxylic acids is 3. The number of nitro benzene ring substituents is 1. The van der Waals surface area contributed by atoms with Crippen LogP contribution >= 0.6 is 0 Å². The zero-order valence-corrected chi connectivity index (χ0v) is 18.2. The molecule has 0 aliphatic carbocycles. The van der Waals surface area contributed by atoms with Gasteiger partial charge in [-0.25, -0.2) is 4.79 Å². The molecule has 9 heteroatoms. The average Bonchev–Trinajstić information content (AvgIpc) is 2.80. The Balaban J connectivity index is 1.62. The van der Waals surface area contributed by atoms with Crippen LogP contribution in [0.2, 0.25) is 0 Å². The first kappa shape index (κ1) is 21.1. The first-order valence-corrected chi connectivity index (χ1v) is 11.1. The fourth-order valence-corrected chi connectivity index (χ4v) is 5.49. The molecule has 3 unspecified atom stereocenters. The highest BCUT2D eigenvalue weighted by molar-refractivity contribution is 6.20. The Kier molecular flexibility index (Phi) is 4.92. The molecule has 0 aromatic heterocycles. The average molecular weight is 448 g/mol. The molecule has 4 amide bonds. The molecule has 2 saturated heterocycles. The fourth-order valence-electron chi connectivity index (χ4n) is 5.49. The van der Waals surface area contributed by atoms with Gasteiger partial charge in [-0.05, 0) is 36.0 Å². The summed E-state index contributed by atoms with van der Waals surface area (Å²) in [4.78, 5) is 54.2. The molecule has 3 atom stereocenters. The quantitative estimate of drug-likeness (QED) is 0.439. The van der Waals surface area contributed by atoms with Gasteiger partial charge >= 0.3 is 6.03 Å². The van der Waals surface area contributed by atoms with Crippen LogP contribution in [0, 0.1) is 21.4 Å². The van der Waals surface area contributed by atoms with Crippen LogP contribution in [0.25, 0.3) is 0 Å². The molecule has 33 heavy (non-hydrogen) atoms. The van der Waals surface area contributed by atoms with Gasteiger partial charge in [0, 0.05) is 30.8 Å². The number of hydrogen-bond donors (Lipinski definition) is 1. The number of nitro groups is 1. The number of fused-ring (bicyclic) bond motifs is 4. The Labute approximate surface area is 190 Å². The highest BCUT2D eigenvalue weighted by Crippen LogP contribution is 2.49. The molecule has 3 heterocycles. The molecule has 1 spiro atoms. The van der Waals surface area contributed by atoms with E-state index in [1.165, 1.54) is 12.1 Å². The van der Waals surface area contributed by atoms with Crippen molar-refractivity contribution in [1.82, 2.24) is 10.2 Å². The Hall–Kier alpha value is -3.75. The number of nitrogens with zero attached hydrogens (tertiary/aromatic N) is 3. The number of non-ortho nitro benzene ring substituents is 1. The minimum atomic E-state index is -1.53. The van der Waals surface area contributed by atoms with Crippen LogP contribution in [0.15, 0.2) is 48.5 Å². The Morgan fingerprint density at radius 3 is 2.64 bits per heavy atom. The lowest BCUT2D eigenvalue weighted by atomic mass is 9.64. The maximum atomic E-state index is 14.0. The summed E-state index contributed by atoms with van der Waals surface area (Å²) in [5, 5.41) is 13.8. The topological polar surface area (TPSA) is 113 Å². The number of piperidine rings is 1. The van der Waals surface area contributed by atoms with E-state index in [1.807, 2.05) is 35.2 Å². The second-order valence-electron chi connectivity index (χ2n) is 9.19. The fraction of sp³-hybridized carbons (Fsp3) is 0.375. The van der Waals surface area contributed by atoms with Gasteiger partial charge in [0.05, 0.1) is 17.5 Å². The third-order valence-electron chi connectivity index (χ3n) is 7.17. The van der Waals surface area contributed by atoms with Crippen molar-refractivity contribution in [1.29, 1.82) is 0 Å². The molecule has 3 aliphatic heterocycles. The second-order valence-corrected chi connectivity index (χ2v) is 9.19. The van der Waals surface area contributed by atoms with Crippen LogP contribution in [0.1, 0.15) is 30.9 Å². The summed E-state index contributed by atoms with van der Waals surface area (Å²) in [6.07, 6.45) is 1.51. The number of rotatable bonds is 3. The van der Waals surface area contributed by atoms with E-state index >= 15 is 0 Å².